The van der Waals surface area contributed by atoms with Crippen molar-refractivity contribution < 1.29 is 14.0 Å². The summed E-state index contributed by atoms with van der Waals surface area (Å²) in [5, 5.41) is 3.14. The van der Waals surface area contributed by atoms with Gasteiger partial charge in [-0.2, -0.15) is 0 Å². The Hall–Kier alpha value is -3.47. The fourth-order valence-corrected chi connectivity index (χ4v) is 4.33. The summed E-state index contributed by atoms with van der Waals surface area (Å²) in [4.78, 5) is 26.9. The number of nitrogens with zero attached hydrogens (tertiary/aromatic N) is 1. The van der Waals surface area contributed by atoms with E-state index in [0.29, 0.717) is 31.5 Å². The molecule has 1 saturated heterocycles. The first-order valence-corrected chi connectivity index (χ1v) is 10.5. The summed E-state index contributed by atoms with van der Waals surface area (Å²) < 4.78 is 13.2. The number of nitrogens with one attached hydrogen (secondary N) is 1. The number of hydrogen-bond donors (Lipinski definition) is 1. The number of amides is 2. The summed E-state index contributed by atoms with van der Waals surface area (Å²) in [6.45, 7) is 2.63. The molecule has 0 spiro atoms. The van der Waals surface area contributed by atoms with Crippen molar-refractivity contribution in [3.8, 4) is 11.1 Å². The first-order valence-electron chi connectivity index (χ1n) is 10.5. The van der Waals surface area contributed by atoms with Gasteiger partial charge in [0.2, 0.25) is 5.91 Å². The topological polar surface area (TPSA) is 49.4 Å². The van der Waals surface area contributed by atoms with Crippen LogP contribution in [0, 0.1) is 5.82 Å². The van der Waals surface area contributed by atoms with Crippen LogP contribution in [-0.4, -0.2) is 29.8 Å². The minimum absolute atomic E-state index is 0.0338. The van der Waals surface area contributed by atoms with Gasteiger partial charge in [-0.25, -0.2) is 4.39 Å². The highest BCUT2D eigenvalue weighted by Crippen LogP contribution is 2.33. The molecule has 1 N–H and O–H groups in total. The fraction of sp³-hybridized carbons (Fsp3) is 0.231. The summed E-state index contributed by atoms with van der Waals surface area (Å²) in [7, 11) is 0. The van der Waals surface area contributed by atoms with Crippen LogP contribution in [0.25, 0.3) is 11.1 Å². The zero-order valence-corrected chi connectivity index (χ0v) is 17.5. The molecule has 0 saturated carbocycles. The van der Waals surface area contributed by atoms with Crippen molar-refractivity contribution in [3.63, 3.8) is 0 Å². The van der Waals surface area contributed by atoms with Crippen LogP contribution in [0.4, 0.5) is 4.39 Å². The third kappa shape index (κ3) is 4.50. The Morgan fingerprint density at radius 1 is 0.871 bits per heavy atom. The third-order valence-corrected chi connectivity index (χ3v) is 5.93. The Balaban J connectivity index is 1.52. The van der Waals surface area contributed by atoms with Gasteiger partial charge in [0.25, 0.3) is 5.91 Å². The van der Waals surface area contributed by atoms with E-state index < -0.39 is 5.54 Å². The molecule has 2 amide bonds. The van der Waals surface area contributed by atoms with Gasteiger partial charge in [-0.1, -0.05) is 54.6 Å². The Kier molecular flexibility index (Phi) is 5.85. The maximum atomic E-state index is 13.2. The van der Waals surface area contributed by atoms with Gasteiger partial charge in [-0.15, -0.1) is 0 Å². The normalized spacial score (nSPS) is 15.4. The first-order chi connectivity index (χ1) is 15.0. The number of carbonyl (C=O) groups excluding carboxylic acids is 2. The van der Waals surface area contributed by atoms with E-state index in [9.17, 15) is 14.0 Å². The highest BCUT2D eigenvalue weighted by atomic mass is 19.1. The van der Waals surface area contributed by atoms with E-state index in [1.807, 2.05) is 59.5 Å². The van der Waals surface area contributed by atoms with Gasteiger partial charge in [0.1, 0.15) is 5.82 Å². The van der Waals surface area contributed by atoms with Crippen molar-refractivity contribution in [3.05, 3.63) is 95.8 Å². The molecule has 3 aromatic carbocycles. The van der Waals surface area contributed by atoms with Gasteiger partial charge < -0.3 is 10.2 Å². The van der Waals surface area contributed by atoms with Crippen molar-refractivity contribution in [2.45, 2.75) is 25.3 Å². The molecule has 0 bridgehead atoms. The molecule has 31 heavy (non-hydrogen) atoms. The largest absolute Gasteiger partial charge is 0.347 e. The van der Waals surface area contributed by atoms with Crippen LogP contribution in [0.15, 0.2) is 78.9 Å². The molecule has 1 fully saturated rings. The minimum atomic E-state index is -0.458. The highest BCUT2D eigenvalue weighted by Gasteiger charge is 2.38. The molecular formula is C26H25FN2O2. The molecule has 0 aliphatic carbocycles. The van der Waals surface area contributed by atoms with Crippen molar-refractivity contribution in [1.29, 1.82) is 0 Å². The van der Waals surface area contributed by atoms with E-state index in [0.717, 1.165) is 16.7 Å². The van der Waals surface area contributed by atoms with Crippen LogP contribution in [0.2, 0.25) is 0 Å². The van der Waals surface area contributed by atoms with E-state index in [1.165, 1.54) is 19.1 Å². The second-order valence-corrected chi connectivity index (χ2v) is 8.01. The summed E-state index contributed by atoms with van der Waals surface area (Å²) in [5.74, 6) is -0.394. The Labute approximate surface area is 181 Å². The molecule has 0 unspecified atom stereocenters. The van der Waals surface area contributed by atoms with Crippen LogP contribution in [0.3, 0.4) is 0 Å². The lowest BCUT2D eigenvalue weighted by Crippen LogP contribution is -2.53. The molecule has 1 heterocycles. The number of halogens is 1. The van der Waals surface area contributed by atoms with Gasteiger partial charge in [-0.3, -0.25) is 9.59 Å². The summed E-state index contributed by atoms with van der Waals surface area (Å²) >= 11 is 0. The smallest absolute Gasteiger partial charge is 0.253 e. The maximum absolute atomic E-state index is 13.2. The lowest BCUT2D eigenvalue weighted by Gasteiger charge is -2.42. The standard InChI is InChI=1S/C26H25FN2O2/c1-19(30)28-26(23-8-3-2-4-9-23)14-16-29(17-15-26)25(31)22-7-5-6-21(18-22)20-10-12-24(27)13-11-20/h2-13,18H,14-17H2,1H3,(H,28,30). The molecule has 158 valence electrons. The monoisotopic (exact) mass is 416 g/mol. The fourth-order valence-electron chi connectivity index (χ4n) is 4.33. The highest BCUT2D eigenvalue weighted by molar-refractivity contribution is 5.95. The summed E-state index contributed by atoms with van der Waals surface area (Å²) in [6, 6.07) is 23.6. The molecule has 3 aromatic rings. The van der Waals surface area contributed by atoms with E-state index in [4.69, 9.17) is 0 Å². The van der Waals surface area contributed by atoms with Crippen LogP contribution in [-0.2, 0) is 10.3 Å². The number of rotatable bonds is 4. The van der Waals surface area contributed by atoms with Crippen LogP contribution in [0.5, 0.6) is 0 Å². The molecule has 5 heteroatoms. The number of piperidine rings is 1. The number of carbonyl (C=O) groups is 2. The first kappa shape index (κ1) is 20.8. The Bertz CT molecular complexity index is 1070. The summed E-state index contributed by atoms with van der Waals surface area (Å²) in [6.07, 6.45) is 1.31. The van der Waals surface area contributed by atoms with Crippen molar-refractivity contribution in [2.24, 2.45) is 0 Å². The minimum Gasteiger partial charge on any atom is -0.347 e. The molecular weight excluding hydrogens is 391 g/mol. The quantitative estimate of drug-likeness (QED) is 0.667. The SMILES string of the molecule is CC(=O)NC1(c2ccccc2)CCN(C(=O)c2cccc(-c3ccc(F)cc3)c2)CC1. The maximum Gasteiger partial charge on any atom is 0.253 e. The molecule has 4 rings (SSSR count). The number of likely N-dealkylation sites (tertiary alicyclic amines) is 1. The number of hydrogen-bond acceptors (Lipinski definition) is 2. The van der Waals surface area contributed by atoms with Gasteiger partial charge in [0, 0.05) is 25.6 Å². The molecule has 0 atom stereocenters. The zero-order valence-electron chi connectivity index (χ0n) is 17.5. The van der Waals surface area contributed by atoms with Crippen LogP contribution in [0.1, 0.15) is 35.7 Å². The van der Waals surface area contributed by atoms with Gasteiger partial charge in [0.05, 0.1) is 5.54 Å². The van der Waals surface area contributed by atoms with Crippen molar-refractivity contribution in [2.75, 3.05) is 13.1 Å². The van der Waals surface area contributed by atoms with E-state index in [2.05, 4.69) is 5.32 Å². The van der Waals surface area contributed by atoms with E-state index in [-0.39, 0.29) is 17.6 Å². The Morgan fingerprint density at radius 2 is 1.55 bits per heavy atom. The molecule has 0 aromatic heterocycles. The van der Waals surface area contributed by atoms with Crippen LogP contribution < -0.4 is 5.32 Å². The summed E-state index contributed by atoms with van der Waals surface area (Å²) in [5.41, 5.74) is 2.95. The van der Waals surface area contributed by atoms with Crippen molar-refractivity contribution in [1.82, 2.24) is 10.2 Å². The average molecular weight is 416 g/mol. The molecule has 1 aliphatic rings. The lowest BCUT2D eigenvalue weighted by atomic mass is 9.80. The zero-order chi connectivity index (χ0) is 21.8. The molecule has 4 nitrogen and oxygen atoms in total. The van der Waals surface area contributed by atoms with Crippen molar-refractivity contribution >= 4 is 11.8 Å². The van der Waals surface area contributed by atoms with E-state index in [1.54, 1.807) is 12.1 Å². The molecule has 0 radical (unpaired) electrons. The third-order valence-electron chi connectivity index (χ3n) is 5.93. The van der Waals surface area contributed by atoms with Gasteiger partial charge >= 0.3 is 0 Å². The van der Waals surface area contributed by atoms with Gasteiger partial charge in [0.15, 0.2) is 0 Å². The van der Waals surface area contributed by atoms with Crippen LogP contribution >= 0.6 is 0 Å². The predicted octanol–water partition coefficient (Wildman–Crippen LogP) is 4.76. The average Bonchev–Trinajstić information content (AvgIpc) is 2.80. The lowest BCUT2D eigenvalue weighted by molar-refractivity contribution is -0.121. The van der Waals surface area contributed by atoms with Gasteiger partial charge in [-0.05, 0) is 53.8 Å². The van der Waals surface area contributed by atoms with E-state index >= 15 is 0 Å². The second kappa shape index (κ2) is 8.72. The Morgan fingerprint density at radius 3 is 2.19 bits per heavy atom. The number of benzene rings is 3. The molecule has 1 aliphatic heterocycles. The predicted molar refractivity (Wildman–Crippen MR) is 119 cm³/mol. The second-order valence-electron chi connectivity index (χ2n) is 8.01.